The second kappa shape index (κ2) is 5.54. The van der Waals surface area contributed by atoms with E-state index >= 15 is 0 Å². The van der Waals surface area contributed by atoms with Gasteiger partial charge in [0.05, 0.1) is 12.0 Å². The summed E-state index contributed by atoms with van der Waals surface area (Å²) in [7, 11) is 0. The molecule has 0 spiro atoms. The number of hydrogen-bond acceptors (Lipinski definition) is 1. The summed E-state index contributed by atoms with van der Waals surface area (Å²) in [4.78, 5) is 6.69. The fourth-order valence-electron chi connectivity index (χ4n) is 1.51. The number of para-hydroxylation sites is 1. The van der Waals surface area contributed by atoms with Gasteiger partial charge >= 0.3 is 0 Å². The Balaban J connectivity index is 2.70. The van der Waals surface area contributed by atoms with Crippen molar-refractivity contribution in [1.29, 1.82) is 0 Å². The highest BCUT2D eigenvalue weighted by atomic mass is 15.2. The van der Waals surface area contributed by atoms with E-state index < -0.39 is 0 Å². The minimum absolute atomic E-state index is 0.484. The van der Waals surface area contributed by atoms with Crippen LogP contribution in [0.15, 0.2) is 35.3 Å². The summed E-state index contributed by atoms with van der Waals surface area (Å²) in [5.74, 6) is 0. The average molecular weight is 204 g/mol. The summed E-state index contributed by atoms with van der Waals surface area (Å²) in [6.45, 7) is 8.71. The van der Waals surface area contributed by atoms with Gasteiger partial charge in [-0.2, -0.15) is 0 Å². The molecule has 2 heteroatoms. The first-order valence-electron chi connectivity index (χ1n) is 5.48. The molecule has 1 rings (SSSR count). The van der Waals surface area contributed by atoms with Crippen molar-refractivity contribution < 1.29 is 0 Å². The number of aliphatic imine (C=N–C) groups is 1. The molecule has 0 unspecified atom stereocenters. The summed E-state index contributed by atoms with van der Waals surface area (Å²) >= 11 is 0. The molecule has 15 heavy (non-hydrogen) atoms. The Labute approximate surface area is 92.6 Å². The fraction of sp³-hybridized carbons (Fsp3) is 0.462. The first-order valence-corrected chi connectivity index (χ1v) is 5.48. The highest BCUT2D eigenvalue weighted by molar-refractivity contribution is 5.61. The van der Waals surface area contributed by atoms with Gasteiger partial charge in [0.1, 0.15) is 0 Å². The predicted molar refractivity (Wildman–Crippen MR) is 66.7 cm³/mol. The van der Waals surface area contributed by atoms with Crippen LogP contribution >= 0.6 is 0 Å². The molecule has 82 valence electrons. The highest BCUT2D eigenvalue weighted by Gasteiger charge is 2.08. The number of hydrogen-bond donors (Lipinski definition) is 0. The van der Waals surface area contributed by atoms with Crippen LogP contribution in [0.5, 0.6) is 0 Å². The van der Waals surface area contributed by atoms with Crippen molar-refractivity contribution in [2.75, 3.05) is 0 Å². The first kappa shape index (κ1) is 11.8. The van der Waals surface area contributed by atoms with Crippen LogP contribution in [0.3, 0.4) is 0 Å². The van der Waals surface area contributed by atoms with Crippen LogP contribution in [0.25, 0.3) is 0 Å². The van der Waals surface area contributed by atoms with Crippen LogP contribution in [0, 0.1) is 0 Å². The minimum Gasteiger partial charge on any atom is -0.358 e. The maximum atomic E-state index is 4.45. The number of nitrogens with zero attached hydrogens (tertiary/aromatic N) is 2. The second-order valence-corrected chi connectivity index (χ2v) is 4.21. The van der Waals surface area contributed by atoms with Crippen LogP contribution in [0.2, 0.25) is 0 Å². The third-order valence-electron chi connectivity index (χ3n) is 2.29. The second-order valence-electron chi connectivity index (χ2n) is 4.21. The molecule has 0 radical (unpaired) electrons. The van der Waals surface area contributed by atoms with Gasteiger partial charge in [-0.25, -0.2) is 4.99 Å². The summed E-state index contributed by atoms with van der Waals surface area (Å²) in [6.07, 6.45) is 1.94. The summed E-state index contributed by atoms with van der Waals surface area (Å²) in [6, 6.07) is 11.0. The maximum absolute atomic E-state index is 4.45. The molecular formula is C13H20N2. The Morgan fingerprint density at radius 3 is 2.00 bits per heavy atom. The molecule has 0 heterocycles. The van der Waals surface area contributed by atoms with Gasteiger partial charge in [-0.15, -0.1) is 0 Å². The lowest BCUT2D eigenvalue weighted by Crippen LogP contribution is -2.35. The maximum Gasteiger partial charge on any atom is 0.0916 e. The van der Waals surface area contributed by atoms with Crippen LogP contribution in [-0.2, 0) is 0 Å². The normalized spacial score (nSPS) is 11.6. The van der Waals surface area contributed by atoms with Gasteiger partial charge in [0.25, 0.3) is 0 Å². The van der Waals surface area contributed by atoms with E-state index in [9.17, 15) is 0 Å². The summed E-state index contributed by atoms with van der Waals surface area (Å²) in [5, 5.41) is 0. The molecule has 0 amide bonds. The Kier molecular flexibility index (Phi) is 4.35. The lowest BCUT2D eigenvalue weighted by atomic mass is 10.2. The van der Waals surface area contributed by atoms with Gasteiger partial charge in [0.15, 0.2) is 0 Å². The zero-order valence-corrected chi connectivity index (χ0v) is 10.0. The van der Waals surface area contributed by atoms with E-state index in [0.29, 0.717) is 12.1 Å². The quantitative estimate of drug-likeness (QED) is 0.541. The molecule has 0 saturated heterocycles. The number of rotatable bonds is 4. The Morgan fingerprint density at radius 1 is 1.00 bits per heavy atom. The van der Waals surface area contributed by atoms with Crippen LogP contribution < -0.4 is 0 Å². The van der Waals surface area contributed by atoms with Gasteiger partial charge in [0, 0.05) is 12.1 Å². The highest BCUT2D eigenvalue weighted by Crippen LogP contribution is 2.10. The zero-order chi connectivity index (χ0) is 11.3. The predicted octanol–water partition coefficient (Wildman–Crippen LogP) is 3.47. The standard InChI is InChI=1S/C13H20N2/c1-11(2)15(12(3)4)10-14-13-8-6-5-7-9-13/h5-12H,1-4H3. The zero-order valence-electron chi connectivity index (χ0n) is 10.0. The third kappa shape index (κ3) is 3.74. The van der Waals surface area contributed by atoms with E-state index in [1.54, 1.807) is 0 Å². The molecule has 0 bridgehead atoms. The first-order chi connectivity index (χ1) is 7.11. The van der Waals surface area contributed by atoms with E-state index in [-0.39, 0.29) is 0 Å². The van der Waals surface area contributed by atoms with Gasteiger partial charge in [-0.3, -0.25) is 0 Å². The van der Waals surface area contributed by atoms with Gasteiger partial charge in [-0.05, 0) is 39.8 Å². The molecule has 0 fully saturated rings. The van der Waals surface area contributed by atoms with E-state index in [1.807, 2.05) is 36.7 Å². The SMILES string of the molecule is CC(C)N(C=Nc1ccccc1)C(C)C. The topological polar surface area (TPSA) is 15.6 Å². The summed E-state index contributed by atoms with van der Waals surface area (Å²) in [5.41, 5.74) is 1.00. The Morgan fingerprint density at radius 2 is 1.53 bits per heavy atom. The molecule has 0 aliphatic heterocycles. The van der Waals surface area contributed by atoms with Gasteiger partial charge in [0.2, 0.25) is 0 Å². The minimum atomic E-state index is 0.484. The van der Waals surface area contributed by atoms with Crippen molar-refractivity contribution in [3.63, 3.8) is 0 Å². The smallest absolute Gasteiger partial charge is 0.0916 e. The fourth-order valence-corrected chi connectivity index (χ4v) is 1.51. The van der Waals surface area contributed by atoms with Crippen molar-refractivity contribution in [2.45, 2.75) is 39.8 Å². The molecule has 1 aromatic carbocycles. The van der Waals surface area contributed by atoms with Crippen LogP contribution in [0.4, 0.5) is 5.69 Å². The lowest BCUT2D eigenvalue weighted by molar-refractivity contribution is 0.301. The molecule has 2 nitrogen and oxygen atoms in total. The Bertz CT molecular complexity index is 294. The van der Waals surface area contributed by atoms with E-state index in [1.165, 1.54) is 0 Å². The van der Waals surface area contributed by atoms with Crippen molar-refractivity contribution in [3.05, 3.63) is 30.3 Å². The van der Waals surface area contributed by atoms with Crippen LogP contribution in [-0.4, -0.2) is 23.3 Å². The Hall–Kier alpha value is -1.31. The van der Waals surface area contributed by atoms with Crippen molar-refractivity contribution >= 4 is 12.0 Å². The molecule has 0 N–H and O–H groups in total. The van der Waals surface area contributed by atoms with Gasteiger partial charge in [-0.1, -0.05) is 18.2 Å². The van der Waals surface area contributed by atoms with E-state index in [4.69, 9.17) is 0 Å². The van der Waals surface area contributed by atoms with E-state index in [0.717, 1.165) is 5.69 Å². The van der Waals surface area contributed by atoms with Gasteiger partial charge < -0.3 is 4.90 Å². The monoisotopic (exact) mass is 204 g/mol. The lowest BCUT2D eigenvalue weighted by Gasteiger charge is -2.28. The average Bonchev–Trinajstić information content (AvgIpc) is 2.18. The molecule has 0 aliphatic rings. The molecule has 1 aromatic rings. The molecule has 0 aliphatic carbocycles. The van der Waals surface area contributed by atoms with E-state index in [2.05, 4.69) is 37.6 Å². The van der Waals surface area contributed by atoms with Crippen molar-refractivity contribution in [1.82, 2.24) is 4.90 Å². The molecular weight excluding hydrogens is 184 g/mol. The van der Waals surface area contributed by atoms with Crippen molar-refractivity contribution in [3.8, 4) is 0 Å². The van der Waals surface area contributed by atoms with Crippen molar-refractivity contribution in [2.24, 2.45) is 4.99 Å². The number of benzene rings is 1. The largest absolute Gasteiger partial charge is 0.358 e. The molecule has 0 aromatic heterocycles. The molecule has 0 atom stereocenters. The van der Waals surface area contributed by atoms with Crippen LogP contribution in [0.1, 0.15) is 27.7 Å². The molecule has 0 saturated carbocycles. The summed E-state index contributed by atoms with van der Waals surface area (Å²) < 4.78 is 0. The third-order valence-corrected chi connectivity index (χ3v) is 2.29.